The van der Waals surface area contributed by atoms with Crippen molar-refractivity contribution in [1.29, 1.82) is 0 Å². The molecular formula is C13H16ClN3O3S. The standard InChI is InChI=1S/C13H16ClN3O3S/c1-4-17-12(15-8-16-17)7-20-11-5-9(2)13(10(3)6-11)21(14,18)19/h5-6,8H,4,7H2,1-3H3. The molecule has 0 N–H and O–H groups in total. The summed E-state index contributed by atoms with van der Waals surface area (Å²) in [6.45, 7) is 6.31. The Hall–Kier alpha value is -1.60. The Kier molecular flexibility index (Phi) is 4.53. The lowest BCUT2D eigenvalue weighted by Gasteiger charge is -2.11. The van der Waals surface area contributed by atoms with E-state index in [9.17, 15) is 8.42 Å². The zero-order valence-electron chi connectivity index (χ0n) is 12.0. The van der Waals surface area contributed by atoms with E-state index >= 15 is 0 Å². The number of hydrogen-bond donors (Lipinski definition) is 0. The summed E-state index contributed by atoms with van der Waals surface area (Å²) in [5, 5.41) is 4.06. The van der Waals surface area contributed by atoms with E-state index in [-0.39, 0.29) is 11.5 Å². The molecule has 0 aliphatic carbocycles. The van der Waals surface area contributed by atoms with Gasteiger partial charge in [0.15, 0.2) is 5.82 Å². The first-order valence-corrected chi connectivity index (χ1v) is 8.69. The smallest absolute Gasteiger partial charge is 0.261 e. The Balaban J connectivity index is 2.23. The minimum absolute atomic E-state index is 0.133. The highest BCUT2D eigenvalue weighted by Crippen LogP contribution is 2.28. The van der Waals surface area contributed by atoms with Gasteiger partial charge in [-0.1, -0.05) is 0 Å². The summed E-state index contributed by atoms with van der Waals surface area (Å²) >= 11 is 0. The summed E-state index contributed by atoms with van der Waals surface area (Å²) in [5.74, 6) is 1.28. The molecule has 0 fully saturated rings. The van der Waals surface area contributed by atoms with Gasteiger partial charge in [-0.25, -0.2) is 18.1 Å². The lowest BCUT2D eigenvalue weighted by atomic mass is 10.1. The number of nitrogens with zero attached hydrogens (tertiary/aromatic N) is 3. The Morgan fingerprint density at radius 2 is 1.90 bits per heavy atom. The maximum absolute atomic E-state index is 11.5. The van der Waals surface area contributed by atoms with Crippen molar-refractivity contribution < 1.29 is 13.2 Å². The maximum Gasteiger partial charge on any atom is 0.261 e. The van der Waals surface area contributed by atoms with Gasteiger partial charge in [-0.15, -0.1) is 0 Å². The molecule has 0 saturated carbocycles. The predicted octanol–water partition coefficient (Wildman–Crippen LogP) is 2.42. The van der Waals surface area contributed by atoms with Crippen LogP contribution in [0.1, 0.15) is 23.9 Å². The number of rotatable bonds is 5. The SMILES string of the molecule is CCn1ncnc1COc1cc(C)c(S(=O)(=O)Cl)c(C)c1. The number of hydrogen-bond acceptors (Lipinski definition) is 5. The number of aromatic nitrogens is 3. The van der Waals surface area contributed by atoms with Crippen LogP contribution in [0.4, 0.5) is 0 Å². The van der Waals surface area contributed by atoms with Gasteiger partial charge in [0.25, 0.3) is 9.05 Å². The molecule has 21 heavy (non-hydrogen) atoms. The number of benzene rings is 1. The second kappa shape index (κ2) is 6.03. The fourth-order valence-corrected chi connectivity index (χ4v) is 3.81. The van der Waals surface area contributed by atoms with Crippen LogP contribution >= 0.6 is 10.7 Å². The molecule has 0 aliphatic rings. The first-order valence-electron chi connectivity index (χ1n) is 6.38. The Morgan fingerprint density at radius 3 is 2.43 bits per heavy atom. The molecule has 0 radical (unpaired) electrons. The number of halogens is 1. The highest BCUT2D eigenvalue weighted by atomic mass is 35.7. The molecule has 0 amide bonds. The molecule has 0 atom stereocenters. The molecule has 0 aliphatic heterocycles. The van der Waals surface area contributed by atoms with E-state index in [1.165, 1.54) is 6.33 Å². The van der Waals surface area contributed by atoms with Crippen molar-refractivity contribution in [2.75, 3.05) is 0 Å². The number of aryl methyl sites for hydroxylation is 3. The van der Waals surface area contributed by atoms with Gasteiger partial charge in [0, 0.05) is 17.2 Å². The minimum atomic E-state index is -3.76. The fourth-order valence-electron chi connectivity index (χ4n) is 2.19. The molecule has 6 nitrogen and oxygen atoms in total. The quantitative estimate of drug-likeness (QED) is 0.787. The minimum Gasteiger partial charge on any atom is -0.486 e. The molecule has 2 rings (SSSR count). The molecule has 0 saturated heterocycles. The topological polar surface area (TPSA) is 74.1 Å². The van der Waals surface area contributed by atoms with Crippen LogP contribution in [-0.2, 0) is 22.2 Å². The summed E-state index contributed by atoms with van der Waals surface area (Å²) in [6, 6.07) is 3.30. The van der Waals surface area contributed by atoms with Gasteiger partial charge in [-0.2, -0.15) is 5.10 Å². The van der Waals surface area contributed by atoms with Crippen molar-refractivity contribution in [2.24, 2.45) is 0 Å². The second-order valence-corrected chi connectivity index (χ2v) is 7.11. The molecule has 0 unspecified atom stereocenters. The first-order chi connectivity index (χ1) is 9.82. The third kappa shape index (κ3) is 3.54. The third-order valence-corrected chi connectivity index (χ3v) is 4.64. The van der Waals surface area contributed by atoms with Gasteiger partial charge in [-0.05, 0) is 44.0 Å². The van der Waals surface area contributed by atoms with Crippen LogP contribution in [-0.4, -0.2) is 23.2 Å². The maximum atomic E-state index is 11.5. The summed E-state index contributed by atoms with van der Waals surface area (Å²) in [6.07, 6.45) is 1.47. The van der Waals surface area contributed by atoms with E-state index in [2.05, 4.69) is 10.1 Å². The zero-order valence-corrected chi connectivity index (χ0v) is 13.6. The molecule has 8 heteroatoms. The van der Waals surface area contributed by atoms with Crippen molar-refractivity contribution in [3.8, 4) is 5.75 Å². The largest absolute Gasteiger partial charge is 0.486 e. The van der Waals surface area contributed by atoms with E-state index in [0.29, 0.717) is 29.2 Å². The predicted molar refractivity (Wildman–Crippen MR) is 79.0 cm³/mol. The third-order valence-electron chi connectivity index (χ3n) is 3.04. The van der Waals surface area contributed by atoms with Crippen LogP contribution in [0.5, 0.6) is 5.75 Å². The summed E-state index contributed by atoms with van der Waals surface area (Å²) in [7, 11) is 1.67. The van der Waals surface area contributed by atoms with Crippen LogP contribution < -0.4 is 4.74 Å². The van der Waals surface area contributed by atoms with Crippen molar-refractivity contribution in [3.63, 3.8) is 0 Å². The Morgan fingerprint density at radius 1 is 1.29 bits per heavy atom. The van der Waals surface area contributed by atoms with Gasteiger partial charge in [-0.3, -0.25) is 0 Å². The Bertz CT molecular complexity index is 733. The highest BCUT2D eigenvalue weighted by Gasteiger charge is 2.18. The summed E-state index contributed by atoms with van der Waals surface area (Å²) in [4.78, 5) is 4.25. The Labute approximate surface area is 128 Å². The molecule has 114 valence electrons. The van der Waals surface area contributed by atoms with Crippen LogP contribution in [0.3, 0.4) is 0 Å². The number of ether oxygens (including phenoxy) is 1. The summed E-state index contributed by atoms with van der Waals surface area (Å²) < 4.78 is 30.4. The van der Waals surface area contributed by atoms with Crippen molar-refractivity contribution >= 4 is 19.7 Å². The average Bonchev–Trinajstić information content (AvgIpc) is 2.81. The van der Waals surface area contributed by atoms with Crippen molar-refractivity contribution in [3.05, 3.63) is 35.4 Å². The zero-order chi connectivity index (χ0) is 15.6. The molecule has 1 aromatic carbocycles. The van der Waals surface area contributed by atoms with E-state index in [1.54, 1.807) is 30.7 Å². The van der Waals surface area contributed by atoms with E-state index in [4.69, 9.17) is 15.4 Å². The van der Waals surface area contributed by atoms with Crippen LogP contribution in [0.25, 0.3) is 0 Å². The van der Waals surface area contributed by atoms with Crippen LogP contribution in [0.2, 0.25) is 0 Å². The van der Waals surface area contributed by atoms with Gasteiger partial charge in [0.2, 0.25) is 0 Å². The first kappa shape index (κ1) is 15.8. The highest BCUT2D eigenvalue weighted by molar-refractivity contribution is 8.13. The fraction of sp³-hybridized carbons (Fsp3) is 0.385. The van der Waals surface area contributed by atoms with E-state index < -0.39 is 9.05 Å². The molecule has 2 aromatic rings. The van der Waals surface area contributed by atoms with Crippen LogP contribution in [0.15, 0.2) is 23.4 Å². The molecule has 0 spiro atoms. The normalized spacial score (nSPS) is 11.6. The molecular weight excluding hydrogens is 314 g/mol. The molecule has 0 bridgehead atoms. The van der Waals surface area contributed by atoms with Crippen LogP contribution in [0, 0.1) is 13.8 Å². The van der Waals surface area contributed by atoms with Crippen molar-refractivity contribution in [1.82, 2.24) is 14.8 Å². The summed E-state index contributed by atoms with van der Waals surface area (Å²) in [5.41, 5.74) is 1.11. The van der Waals surface area contributed by atoms with E-state index in [0.717, 1.165) is 0 Å². The average molecular weight is 330 g/mol. The lowest BCUT2D eigenvalue weighted by Crippen LogP contribution is -2.08. The van der Waals surface area contributed by atoms with Gasteiger partial charge >= 0.3 is 0 Å². The lowest BCUT2D eigenvalue weighted by molar-refractivity contribution is 0.286. The van der Waals surface area contributed by atoms with E-state index in [1.807, 2.05) is 6.92 Å². The van der Waals surface area contributed by atoms with Gasteiger partial charge in [0.05, 0.1) is 4.90 Å². The molecule has 1 heterocycles. The van der Waals surface area contributed by atoms with Crippen molar-refractivity contribution in [2.45, 2.75) is 38.8 Å². The molecule has 1 aromatic heterocycles. The van der Waals surface area contributed by atoms with Gasteiger partial charge < -0.3 is 4.74 Å². The van der Waals surface area contributed by atoms with Gasteiger partial charge in [0.1, 0.15) is 18.7 Å². The second-order valence-electron chi connectivity index (χ2n) is 4.60. The monoisotopic (exact) mass is 329 g/mol.